The Kier molecular flexibility index (Phi) is 6.24. The minimum absolute atomic E-state index is 0.0641. The maximum atomic E-state index is 13.2. The van der Waals surface area contributed by atoms with Gasteiger partial charge in [-0.05, 0) is 43.9 Å². The summed E-state index contributed by atoms with van der Waals surface area (Å²) in [5.74, 6) is -0.371. The molecule has 0 saturated carbocycles. The van der Waals surface area contributed by atoms with Gasteiger partial charge in [-0.15, -0.1) is 0 Å². The van der Waals surface area contributed by atoms with E-state index in [1.165, 1.54) is 0 Å². The highest BCUT2D eigenvalue weighted by molar-refractivity contribution is 7.89. The number of piperidine rings is 1. The van der Waals surface area contributed by atoms with Crippen molar-refractivity contribution in [1.82, 2.24) is 9.62 Å². The average Bonchev–Trinajstić information content (AvgIpc) is 3.11. The Bertz CT molecular complexity index is 855. The van der Waals surface area contributed by atoms with Gasteiger partial charge in [0.2, 0.25) is 15.9 Å². The summed E-state index contributed by atoms with van der Waals surface area (Å²) in [6.07, 6.45) is 1.75. The molecule has 1 fully saturated rings. The summed E-state index contributed by atoms with van der Waals surface area (Å²) >= 11 is 0. The number of sulfonamides is 1. The first-order valence-electron chi connectivity index (χ1n) is 9.73. The van der Waals surface area contributed by atoms with Gasteiger partial charge in [-0.25, -0.2) is 17.9 Å². The lowest BCUT2D eigenvalue weighted by Gasteiger charge is -2.33. The molecule has 2 aliphatic rings. The number of hydrogen-bond acceptors (Lipinski definition) is 5. The van der Waals surface area contributed by atoms with Crippen molar-refractivity contribution in [1.29, 1.82) is 0 Å². The van der Waals surface area contributed by atoms with Crippen LogP contribution in [-0.4, -0.2) is 58.1 Å². The summed E-state index contributed by atoms with van der Waals surface area (Å²) in [6.45, 7) is 5.52. The first-order chi connectivity index (χ1) is 13.4. The molecule has 1 aromatic rings. The number of likely N-dealkylation sites (tertiary alicyclic amines) is 1. The lowest BCUT2D eigenvalue weighted by atomic mass is 9.96. The molecule has 3 rings (SSSR count). The molecule has 1 N–H and O–H groups in total. The van der Waals surface area contributed by atoms with Crippen molar-refractivity contribution in [2.75, 3.05) is 37.7 Å². The molecule has 0 spiro atoms. The van der Waals surface area contributed by atoms with E-state index in [2.05, 4.69) is 4.72 Å². The van der Waals surface area contributed by atoms with E-state index in [9.17, 15) is 18.0 Å². The molecule has 2 aliphatic heterocycles. The number of nitrogens with one attached hydrogen (secondary N) is 1. The molecule has 2 heterocycles. The molecule has 1 saturated heterocycles. The zero-order valence-corrected chi connectivity index (χ0v) is 17.1. The quantitative estimate of drug-likeness (QED) is 0.799. The number of fused-ring (bicyclic) bond motifs is 1. The molecule has 154 valence electrons. The number of carbonyl (C=O) groups is 2. The monoisotopic (exact) mass is 409 g/mol. The van der Waals surface area contributed by atoms with Gasteiger partial charge in [-0.1, -0.05) is 13.0 Å². The standard InChI is InChI=1S/C19H27N3O5S/c1-3-20-28(25,26)16-8-7-14-9-11-22(17(14)12-16)18(23)15-6-5-10-21(13-15)19(24)27-4-2/h7-8,12,15,20H,3-6,9-11,13H2,1-2H3/t15-/m1/s1. The topological polar surface area (TPSA) is 96.0 Å². The van der Waals surface area contributed by atoms with Crippen LogP contribution in [0.3, 0.4) is 0 Å². The third-order valence-electron chi connectivity index (χ3n) is 5.16. The lowest BCUT2D eigenvalue weighted by molar-refractivity contribution is -0.123. The SMILES string of the molecule is CCNS(=O)(=O)c1ccc2c(c1)N(C(=O)[C@@H]1CCCN(C(=O)OCC)C1)CC2. The maximum Gasteiger partial charge on any atom is 0.409 e. The second-order valence-corrected chi connectivity index (χ2v) is 8.78. The average molecular weight is 410 g/mol. The first-order valence-corrected chi connectivity index (χ1v) is 11.2. The summed E-state index contributed by atoms with van der Waals surface area (Å²) in [5, 5.41) is 0. The van der Waals surface area contributed by atoms with Crippen molar-refractivity contribution in [3.63, 3.8) is 0 Å². The van der Waals surface area contributed by atoms with Gasteiger partial charge in [0.05, 0.1) is 17.4 Å². The molecule has 0 radical (unpaired) electrons. The minimum Gasteiger partial charge on any atom is -0.450 e. The highest BCUT2D eigenvalue weighted by Crippen LogP contribution is 2.33. The van der Waals surface area contributed by atoms with Crippen LogP contribution in [0.25, 0.3) is 0 Å². The fraction of sp³-hybridized carbons (Fsp3) is 0.579. The van der Waals surface area contributed by atoms with Crippen LogP contribution in [-0.2, 0) is 26.0 Å². The molecule has 28 heavy (non-hydrogen) atoms. The number of amides is 2. The predicted molar refractivity (Wildman–Crippen MR) is 105 cm³/mol. The van der Waals surface area contributed by atoms with Gasteiger partial charge < -0.3 is 14.5 Å². The van der Waals surface area contributed by atoms with Crippen LogP contribution in [0, 0.1) is 5.92 Å². The Balaban J connectivity index is 1.79. The van der Waals surface area contributed by atoms with Crippen LogP contribution in [0.5, 0.6) is 0 Å². The smallest absolute Gasteiger partial charge is 0.409 e. The number of rotatable bonds is 5. The first kappa shape index (κ1) is 20.6. The highest BCUT2D eigenvalue weighted by Gasteiger charge is 2.35. The van der Waals surface area contributed by atoms with E-state index in [1.807, 2.05) is 0 Å². The molecule has 8 nitrogen and oxygen atoms in total. The van der Waals surface area contributed by atoms with Crippen molar-refractivity contribution in [3.8, 4) is 0 Å². The summed E-state index contributed by atoms with van der Waals surface area (Å²) in [7, 11) is -3.59. The zero-order chi connectivity index (χ0) is 20.3. The van der Waals surface area contributed by atoms with Crippen LogP contribution in [0.1, 0.15) is 32.3 Å². The number of anilines is 1. The molecule has 0 aromatic heterocycles. The lowest BCUT2D eigenvalue weighted by Crippen LogP contribution is -2.46. The normalized spacial score (nSPS) is 19.4. The summed E-state index contributed by atoms with van der Waals surface area (Å²) in [4.78, 5) is 28.6. The fourth-order valence-corrected chi connectivity index (χ4v) is 4.87. The van der Waals surface area contributed by atoms with Crippen LogP contribution >= 0.6 is 0 Å². The third kappa shape index (κ3) is 4.15. The molecule has 2 amide bonds. The maximum absolute atomic E-state index is 13.2. The number of nitrogens with zero attached hydrogens (tertiary/aromatic N) is 2. The Labute approximate surface area is 165 Å². The Morgan fingerprint density at radius 1 is 1.25 bits per heavy atom. The predicted octanol–water partition coefficient (Wildman–Crippen LogP) is 1.74. The van der Waals surface area contributed by atoms with Crippen molar-refractivity contribution in [2.45, 2.75) is 38.0 Å². The fourth-order valence-electron chi connectivity index (χ4n) is 3.81. The van der Waals surface area contributed by atoms with Crippen LogP contribution in [0.2, 0.25) is 0 Å². The molecule has 1 atom stereocenters. The molecule has 0 bridgehead atoms. The van der Waals surface area contributed by atoms with E-state index in [-0.39, 0.29) is 22.8 Å². The van der Waals surface area contributed by atoms with E-state index in [0.717, 1.165) is 12.0 Å². The number of ether oxygens (including phenoxy) is 1. The Hall–Kier alpha value is -2.13. The molecule has 0 aliphatic carbocycles. The van der Waals surface area contributed by atoms with Gasteiger partial charge >= 0.3 is 6.09 Å². The Morgan fingerprint density at radius 3 is 2.75 bits per heavy atom. The number of carbonyl (C=O) groups excluding carboxylic acids is 2. The van der Waals surface area contributed by atoms with E-state index >= 15 is 0 Å². The van der Waals surface area contributed by atoms with Gasteiger partial charge in [-0.2, -0.15) is 0 Å². The zero-order valence-electron chi connectivity index (χ0n) is 16.3. The summed E-state index contributed by atoms with van der Waals surface area (Å²) < 4.78 is 32.2. The largest absolute Gasteiger partial charge is 0.450 e. The van der Waals surface area contributed by atoms with E-state index in [4.69, 9.17) is 4.74 Å². The van der Waals surface area contributed by atoms with E-state index in [1.54, 1.807) is 41.8 Å². The van der Waals surface area contributed by atoms with Crippen LogP contribution in [0.4, 0.5) is 10.5 Å². The number of hydrogen-bond donors (Lipinski definition) is 1. The molecular weight excluding hydrogens is 382 g/mol. The van der Waals surface area contributed by atoms with Crippen LogP contribution < -0.4 is 9.62 Å². The van der Waals surface area contributed by atoms with Crippen molar-refractivity contribution < 1.29 is 22.7 Å². The highest BCUT2D eigenvalue weighted by atomic mass is 32.2. The minimum atomic E-state index is -3.59. The summed E-state index contributed by atoms with van der Waals surface area (Å²) in [5.41, 5.74) is 1.61. The Morgan fingerprint density at radius 2 is 2.04 bits per heavy atom. The third-order valence-corrected chi connectivity index (χ3v) is 6.70. The van der Waals surface area contributed by atoms with Gasteiger partial charge in [-0.3, -0.25) is 4.79 Å². The van der Waals surface area contributed by atoms with Crippen LogP contribution in [0.15, 0.2) is 23.1 Å². The molecule has 0 unspecified atom stereocenters. The molecule has 9 heteroatoms. The van der Waals surface area contributed by atoms with Gasteiger partial charge in [0, 0.05) is 31.9 Å². The second kappa shape index (κ2) is 8.48. The van der Waals surface area contributed by atoms with Gasteiger partial charge in [0.15, 0.2) is 0 Å². The van der Waals surface area contributed by atoms with Crippen molar-refractivity contribution in [3.05, 3.63) is 23.8 Å². The second-order valence-electron chi connectivity index (χ2n) is 7.02. The van der Waals surface area contributed by atoms with E-state index < -0.39 is 10.0 Å². The number of benzene rings is 1. The van der Waals surface area contributed by atoms with Gasteiger partial charge in [0.25, 0.3) is 0 Å². The van der Waals surface area contributed by atoms with Gasteiger partial charge in [0.1, 0.15) is 0 Å². The van der Waals surface area contributed by atoms with Crippen molar-refractivity contribution in [2.24, 2.45) is 5.92 Å². The van der Waals surface area contributed by atoms with Crippen molar-refractivity contribution >= 4 is 27.7 Å². The molecule has 1 aromatic carbocycles. The summed E-state index contributed by atoms with van der Waals surface area (Å²) in [6, 6.07) is 4.93. The van der Waals surface area contributed by atoms with E-state index in [0.29, 0.717) is 51.3 Å². The molecular formula is C19H27N3O5S.